The Balaban J connectivity index is 2.17. The monoisotopic (exact) mass is 386 g/mol. The minimum atomic E-state index is -0.509. The topological polar surface area (TPSA) is 71.1 Å². The highest BCUT2D eigenvalue weighted by Gasteiger charge is 2.15. The molecule has 150 valence electrons. The van der Waals surface area contributed by atoms with Crippen molar-refractivity contribution in [2.45, 2.75) is 40.4 Å². The second kappa shape index (κ2) is 9.78. The molecule has 0 amide bonds. The van der Waals surface area contributed by atoms with E-state index in [4.69, 9.17) is 18.9 Å². The lowest BCUT2D eigenvalue weighted by atomic mass is 10.1. The summed E-state index contributed by atoms with van der Waals surface area (Å²) >= 11 is 0. The zero-order chi connectivity index (χ0) is 20.7. The third-order valence-corrected chi connectivity index (χ3v) is 3.89. The fourth-order valence-corrected chi connectivity index (χ4v) is 2.58. The summed E-state index contributed by atoms with van der Waals surface area (Å²) in [7, 11) is 1.51. The molecule has 0 spiro atoms. The lowest BCUT2D eigenvalue weighted by Crippen LogP contribution is -2.09. The maximum absolute atomic E-state index is 12.5. The molecule has 0 aromatic heterocycles. The smallest absolute Gasteiger partial charge is 0.338 e. The van der Waals surface area contributed by atoms with E-state index in [1.54, 1.807) is 36.4 Å². The van der Waals surface area contributed by atoms with Crippen LogP contribution in [0.3, 0.4) is 0 Å². The van der Waals surface area contributed by atoms with Gasteiger partial charge < -0.3 is 18.9 Å². The summed E-state index contributed by atoms with van der Waals surface area (Å²) in [5, 5.41) is 0. The van der Waals surface area contributed by atoms with Gasteiger partial charge in [0.15, 0.2) is 17.3 Å². The Kier molecular flexibility index (Phi) is 7.44. The van der Waals surface area contributed by atoms with Crippen molar-refractivity contribution in [3.63, 3.8) is 0 Å². The molecule has 0 atom stereocenters. The van der Waals surface area contributed by atoms with Crippen molar-refractivity contribution in [2.24, 2.45) is 0 Å². The summed E-state index contributed by atoms with van der Waals surface area (Å²) in [5.74, 6) is 1.02. The van der Waals surface area contributed by atoms with E-state index in [1.165, 1.54) is 14.0 Å². The van der Waals surface area contributed by atoms with Gasteiger partial charge in [-0.3, -0.25) is 4.79 Å². The van der Waals surface area contributed by atoms with Crippen LogP contribution in [0.15, 0.2) is 36.4 Å². The quantitative estimate of drug-likeness (QED) is 0.469. The normalized spacial score (nSPS) is 10.5. The molecule has 0 aliphatic rings. The lowest BCUT2D eigenvalue weighted by molar-refractivity contribution is 0.0469. The van der Waals surface area contributed by atoms with Crippen LogP contribution in [0.25, 0.3) is 0 Å². The van der Waals surface area contributed by atoms with Crippen LogP contribution in [0.1, 0.15) is 54.0 Å². The van der Waals surface area contributed by atoms with E-state index in [9.17, 15) is 9.59 Å². The number of hydrogen-bond donors (Lipinski definition) is 0. The Morgan fingerprint density at radius 1 is 0.964 bits per heavy atom. The number of carbonyl (C=O) groups excluding carboxylic acids is 2. The van der Waals surface area contributed by atoms with E-state index in [0.29, 0.717) is 40.5 Å². The number of ether oxygens (including phenoxy) is 4. The largest absolute Gasteiger partial charge is 0.493 e. The molecule has 2 aromatic carbocycles. The zero-order valence-corrected chi connectivity index (χ0v) is 16.9. The molecule has 0 N–H and O–H groups in total. The van der Waals surface area contributed by atoms with Crippen LogP contribution in [-0.4, -0.2) is 31.6 Å². The number of esters is 1. The number of hydrogen-bond acceptors (Lipinski definition) is 6. The van der Waals surface area contributed by atoms with E-state index in [0.717, 1.165) is 0 Å². The molecule has 0 fully saturated rings. The van der Waals surface area contributed by atoms with Gasteiger partial charge in [0.2, 0.25) is 0 Å². The summed E-state index contributed by atoms with van der Waals surface area (Å²) in [6.07, 6.45) is -0.0164. The molecule has 2 aromatic rings. The van der Waals surface area contributed by atoms with Gasteiger partial charge in [-0.2, -0.15) is 0 Å². The van der Waals surface area contributed by atoms with Gasteiger partial charge in [0.05, 0.1) is 25.4 Å². The summed E-state index contributed by atoms with van der Waals surface area (Å²) < 4.78 is 21.9. The van der Waals surface area contributed by atoms with Crippen LogP contribution in [-0.2, 0) is 11.3 Å². The molecule has 2 rings (SSSR count). The number of Topliss-reactive ketones (excluding diaryl/α,β-unsaturated/α-hetero) is 1. The Labute approximate surface area is 165 Å². The lowest BCUT2D eigenvalue weighted by Gasteiger charge is -2.15. The molecule has 0 saturated heterocycles. The molecule has 0 aliphatic carbocycles. The van der Waals surface area contributed by atoms with Gasteiger partial charge in [-0.05, 0) is 64.1 Å². The van der Waals surface area contributed by atoms with Crippen molar-refractivity contribution >= 4 is 11.8 Å². The van der Waals surface area contributed by atoms with Crippen molar-refractivity contribution in [1.82, 2.24) is 0 Å². The maximum atomic E-state index is 12.5. The van der Waals surface area contributed by atoms with E-state index >= 15 is 0 Å². The van der Waals surface area contributed by atoms with E-state index in [-0.39, 0.29) is 18.5 Å². The van der Waals surface area contributed by atoms with Crippen LogP contribution >= 0.6 is 0 Å². The van der Waals surface area contributed by atoms with E-state index in [2.05, 4.69) is 0 Å². The summed E-state index contributed by atoms with van der Waals surface area (Å²) in [6.45, 7) is 7.62. The fourth-order valence-electron chi connectivity index (χ4n) is 2.58. The molecule has 0 saturated carbocycles. The summed E-state index contributed by atoms with van der Waals surface area (Å²) in [5.41, 5.74) is 1.51. The third kappa shape index (κ3) is 5.49. The highest BCUT2D eigenvalue weighted by molar-refractivity contribution is 5.94. The molecule has 0 aliphatic heterocycles. The van der Waals surface area contributed by atoms with Crippen molar-refractivity contribution in [3.8, 4) is 17.2 Å². The predicted octanol–water partition coefficient (Wildman–Crippen LogP) is 4.44. The van der Waals surface area contributed by atoms with Crippen molar-refractivity contribution in [1.29, 1.82) is 0 Å². The average molecular weight is 386 g/mol. The van der Waals surface area contributed by atoms with Gasteiger partial charge in [0.1, 0.15) is 12.4 Å². The Bertz CT molecular complexity index is 841. The number of benzene rings is 2. The molecular weight excluding hydrogens is 360 g/mol. The van der Waals surface area contributed by atoms with Crippen LogP contribution in [0.4, 0.5) is 0 Å². The molecule has 28 heavy (non-hydrogen) atoms. The molecule has 6 nitrogen and oxygen atoms in total. The summed E-state index contributed by atoms with van der Waals surface area (Å²) in [6, 6.07) is 9.97. The van der Waals surface area contributed by atoms with Gasteiger partial charge in [0.25, 0.3) is 0 Å². The number of methoxy groups -OCH3 is 1. The van der Waals surface area contributed by atoms with Crippen molar-refractivity contribution < 1.29 is 28.5 Å². The minimum absolute atomic E-state index is 0.0121. The van der Waals surface area contributed by atoms with Crippen LogP contribution in [0.2, 0.25) is 0 Å². The molecule has 0 radical (unpaired) electrons. The average Bonchev–Trinajstić information content (AvgIpc) is 2.66. The molecular formula is C22H26O6. The second-order valence-corrected chi connectivity index (χ2v) is 6.42. The SMILES string of the molecule is CCOc1ccc(C(C)=O)cc1COC(=O)c1ccc(OC(C)C)c(OC)c1. The van der Waals surface area contributed by atoms with Crippen LogP contribution in [0, 0.1) is 0 Å². The highest BCUT2D eigenvalue weighted by atomic mass is 16.5. The Morgan fingerprint density at radius 2 is 1.64 bits per heavy atom. The molecule has 0 heterocycles. The minimum Gasteiger partial charge on any atom is -0.493 e. The predicted molar refractivity (Wildman–Crippen MR) is 105 cm³/mol. The van der Waals surface area contributed by atoms with Crippen LogP contribution < -0.4 is 14.2 Å². The van der Waals surface area contributed by atoms with Gasteiger partial charge in [-0.15, -0.1) is 0 Å². The van der Waals surface area contributed by atoms with Crippen LogP contribution in [0.5, 0.6) is 17.2 Å². The van der Waals surface area contributed by atoms with Crippen molar-refractivity contribution in [3.05, 3.63) is 53.1 Å². The van der Waals surface area contributed by atoms with Crippen molar-refractivity contribution in [2.75, 3.05) is 13.7 Å². The zero-order valence-electron chi connectivity index (χ0n) is 16.9. The summed E-state index contributed by atoms with van der Waals surface area (Å²) in [4.78, 5) is 24.1. The number of ketones is 1. The number of rotatable bonds is 9. The molecule has 0 unspecified atom stereocenters. The first-order valence-electron chi connectivity index (χ1n) is 9.14. The second-order valence-electron chi connectivity index (χ2n) is 6.42. The number of carbonyl (C=O) groups is 2. The van der Waals surface area contributed by atoms with E-state index < -0.39 is 5.97 Å². The first kappa shape index (κ1) is 21.3. The Morgan fingerprint density at radius 3 is 2.25 bits per heavy atom. The third-order valence-electron chi connectivity index (χ3n) is 3.89. The first-order valence-corrected chi connectivity index (χ1v) is 9.14. The van der Waals surface area contributed by atoms with Gasteiger partial charge in [-0.25, -0.2) is 4.79 Å². The standard InChI is InChI=1S/C22H26O6/c1-6-26-19-9-7-16(15(4)23)11-18(19)13-27-22(24)17-8-10-20(28-14(2)3)21(12-17)25-5/h7-12,14H,6,13H2,1-5H3. The first-order chi connectivity index (χ1) is 13.3. The maximum Gasteiger partial charge on any atom is 0.338 e. The highest BCUT2D eigenvalue weighted by Crippen LogP contribution is 2.29. The molecule has 0 bridgehead atoms. The molecule has 6 heteroatoms. The van der Waals surface area contributed by atoms with Gasteiger partial charge >= 0.3 is 5.97 Å². The van der Waals surface area contributed by atoms with Gasteiger partial charge in [0, 0.05) is 11.1 Å². The Hall–Kier alpha value is -3.02. The fraction of sp³-hybridized carbons (Fsp3) is 0.364. The van der Waals surface area contributed by atoms with Gasteiger partial charge in [-0.1, -0.05) is 0 Å². The van der Waals surface area contributed by atoms with E-state index in [1.807, 2.05) is 20.8 Å².